The molecule has 0 atom stereocenters. The SMILES string of the molecule is Nc1nc2cc(I)ccc2n1-c1ccc(Cl)cc1I. The van der Waals surface area contributed by atoms with Gasteiger partial charge in [0.15, 0.2) is 0 Å². The van der Waals surface area contributed by atoms with Crippen LogP contribution in [0, 0.1) is 7.14 Å². The third-order valence-electron chi connectivity index (χ3n) is 2.79. The van der Waals surface area contributed by atoms with Gasteiger partial charge in [-0.25, -0.2) is 4.98 Å². The second-order valence-corrected chi connectivity index (χ2v) is 6.88. The van der Waals surface area contributed by atoms with Crippen molar-refractivity contribution < 1.29 is 0 Å². The highest BCUT2D eigenvalue weighted by Gasteiger charge is 2.12. The molecule has 0 fully saturated rings. The summed E-state index contributed by atoms with van der Waals surface area (Å²) in [7, 11) is 0. The zero-order valence-corrected chi connectivity index (χ0v) is 14.6. The van der Waals surface area contributed by atoms with Gasteiger partial charge in [-0.1, -0.05) is 11.6 Å². The first-order valence-corrected chi connectivity index (χ1v) is 7.99. The second-order valence-electron chi connectivity index (χ2n) is 4.03. The molecule has 2 aromatic carbocycles. The topological polar surface area (TPSA) is 43.8 Å². The minimum Gasteiger partial charge on any atom is -0.369 e. The van der Waals surface area contributed by atoms with E-state index in [4.69, 9.17) is 17.3 Å². The first-order valence-electron chi connectivity index (χ1n) is 5.45. The summed E-state index contributed by atoms with van der Waals surface area (Å²) < 4.78 is 4.12. The van der Waals surface area contributed by atoms with Crippen LogP contribution in [0.3, 0.4) is 0 Å². The zero-order valence-electron chi connectivity index (χ0n) is 9.57. The van der Waals surface area contributed by atoms with Crippen molar-refractivity contribution in [2.45, 2.75) is 0 Å². The summed E-state index contributed by atoms with van der Waals surface area (Å²) in [5.74, 6) is 0.484. The van der Waals surface area contributed by atoms with E-state index in [1.807, 2.05) is 41.0 Å². The predicted molar refractivity (Wildman–Crippen MR) is 95.9 cm³/mol. The fraction of sp³-hybridized carbons (Fsp3) is 0. The Balaban J connectivity index is 2.33. The van der Waals surface area contributed by atoms with Gasteiger partial charge in [0, 0.05) is 12.2 Å². The molecule has 3 rings (SSSR count). The summed E-state index contributed by atoms with van der Waals surface area (Å²) in [4.78, 5) is 4.41. The second kappa shape index (κ2) is 5.10. The largest absolute Gasteiger partial charge is 0.369 e. The molecule has 96 valence electrons. The van der Waals surface area contributed by atoms with Crippen molar-refractivity contribution in [1.82, 2.24) is 9.55 Å². The van der Waals surface area contributed by atoms with Crippen molar-refractivity contribution in [1.29, 1.82) is 0 Å². The Morgan fingerprint density at radius 1 is 1.11 bits per heavy atom. The van der Waals surface area contributed by atoms with Gasteiger partial charge in [-0.2, -0.15) is 0 Å². The number of rotatable bonds is 1. The normalized spacial score (nSPS) is 11.1. The van der Waals surface area contributed by atoms with Crippen LogP contribution in [0.25, 0.3) is 16.7 Å². The van der Waals surface area contributed by atoms with E-state index in [1.165, 1.54) is 0 Å². The minimum absolute atomic E-state index is 0.484. The molecule has 0 unspecified atom stereocenters. The Labute approximate surface area is 142 Å². The van der Waals surface area contributed by atoms with E-state index in [0.29, 0.717) is 11.0 Å². The predicted octanol–water partition coefficient (Wildman–Crippen LogP) is 4.47. The molecule has 0 saturated heterocycles. The lowest BCUT2D eigenvalue weighted by Crippen LogP contribution is -2.02. The van der Waals surface area contributed by atoms with Gasteiger partial charge < -0.3 is 5.73 Å². The summed E-state index contributed by atoms with van der Waals surface area (Å²) in [6, 6.07) is 11.8. The van der Waals surface area contributed by atoms with Gasteiger partial charge in [-0.05, 0) is 81.6 Å². The number of hydrogen-bond acceptors (Lipinski definition) is 2. The molecule has 2 N–H and O–H groups in total. The monoisotopic (exact) mass is 495 g/mol. The molecule has 0 radical (unpaired) electrons. The molecule has 0 aliphatic carbocycles. The number of hydrogen-bond donors (Lipinski definition) is 1. The lowest BCUT2D eigenvalue weighted by atomic mass is 10.3. The summed E-state index contributed by atoms with van der Waals surface area (Å²) >= 11 is 10.5. The number of halogens is 3. The Hall–Kier alpha value is -0.540. The van der Waals surface area contributed by atoms with Crippen LogP contribution in [0.15, 0.2) is 36.4 Å². The van der Waals surface area contributed by atoms with E-state index in [2.05, 4.69) is 50.2 Å². The van der Waals surface area contributed by atoms with Gasteiger partial charge in [0.1, 0.15) is 0 Å². The Kier molecular flexibility index (Phi) is 3.61. The summed E-state index contributed by atoms with van der Waals surface area (Å²) in [6.07, 6.45) is 0. The van der Waals surface area contributed by atoms with Crippen LogP contribution < -0.4 is 5.73 Å². The maximum atomic E-state index is 6.06. The molecule has 0 bridgehead atoms. The van der Waals surface area contributed by atoms with Crippen molar-refractivity contribution >= 4 is 73.8 Å². The molecule has 0 saturated carbocycles. The van der Waals surface area contributed by atoms with Gasteiger partial charge >= 0.3 is 0 Å². The number of nitrogens with zero attached hydrogens (tertiary/aromatic N) is 2. The molecule has 19 heavy (non-hydrogen) atoms. The highest BCUT2D eigenvalue weighted by atomic mass is 127. The van der Waals surface area contributed by atoms with Crippen LogP contribution in [0.5, 0.6) is 0 Å². The van der Waals surface area contributed by atoms with E-state index < -0.39 is 0 Å². The molecular formula is C13H8ClI2N3. The van der Waals surface area contributed by atoms with E-state index in [0.717, 1.165) is 23.9 Å². The highest BCUT2D eigenvalue weighted by molar-refractivity contribution is 14.1. The summed E-state index contributed by atoms with van der Waals surface area (Å²) in [5, 5.41) is 0.714. The molecule has 0 aliphatic heterocycles. The molecule has 0 amide bonds. The highest BCUT2D eigenvalue weighted by Crippen LogP contribution is 2.28. The van der Waals surface area contributed by atoms with E-state index in [1.54, 1.807) is 0 Å². The standard InChI is InChI=1S/C13H8ClI2N3/c14-7-1-3-11(9(16)5-7)19-12-4-2-8(15)6-10(12)18-13(19)17/h1-6H,(H2,17,18). The number of fused-ring (bicyclic) bond motifs is 1. The summed E-state index contributed by atoms with van der Waals surface area (Å²) in [5.41, 5.74) is 8.94. The molecular weight excluding hydrogens is 487 g/mol. The van der Waals surface area contributed by atoms with E-state index in [9.17, 15) is 0 Å². The third-order valence-corrected chi connectivity index (χ3v) is 4.56. The van der Waals surface area contributed by atoms with Gasteiger partial charge in [0.25, 0.3) is 0 Å². The maximum absolute atomic E-state index is 6.06. The van der Waals surface area contributed by atoms with Crippen LogP contribution in [0.2, 0.25) is 5.02 Å². The number of aromatic nitrogens is 2. The number of nitrogens with two attached hydrogens (primary N) is 1. The van der Waals surface area contributed by atoms with Crippen molar-refractivity contribution in [3.05, 3.63) is 48.6 Å². The fourth-order valence-corrected chi connectivity index (χ4v) is 3.58. The van der Waals surface area contributed by atoms with Crippen LogP contribution in [0.1, 0.15) is 0 Å². The average molecular weight is 495 g/mol. The first kappa shape index (κ1) is 13.4. The molecule has 6 heteroatoms. The Bertz CT molecular complexity index is 783. The van der Waals surface area contributed by atoms with Gasteiger partial charge in [-0.3, -0.25) is 4.57 Å². The lowest BCUT2D eigenvalue weighted by Gasteiger charge is -2.09. The molecule has 1 aromatic heterocycles. The smallest absolute Gasteiger partial charge is 0.205 e. The summed E-state index contributed by atoms with van der Waals surface area (Å²) in [6.45, 7) is 0. The van der Waals surface area contributed by atoms with Crippen LogP contribution in [0.4, 0.5) is 5.95 Å². The first-order chi connectivity index (χ1) is 9.06. The Morgan fingerprint density at radius 2 is 1.89 bits per heavy atom. The third kappa shape index (κ3) is 2.43. The number of benzene rings is 2. The molecule has 1 heterocycles. The van der Waals surface area contributed by atoms with Crippen molar-refractivity contribution in [3.8, 4) is 5.69 Å². The van der Waals surface area contributed by atoms with E-state index in [-0.39, 0.29) is 0 Å². The van der Waals surface area contributed by atoms with Gasteiger partial charge in [0.05, 0.1) is 16.7 Å². The zero-order chi connectivity index (χ0) is 13.6. The van der Waals surface area contributed by atoms with Crippen molar-refractivity contribution in [2.75, 3.05) is 5.73 Å². The van der Waals surface area contributed by atoms with Gasteiger partial charge in [0.2, 0.25) is 5.95 Å². The van der Waals surface area contributed by atoms with Crippen molar-refractivity contribution in [2.24, 2.45) is 0 Å². The molecule has 0 aliphatic rings. The minimum atomic E-state index is 0.484. The number of imidazole rings is 1. The van der Waals surface area contributed by atoms with E-state index >= 15 is 0 Å². The molecule has 3 aromatic rings. The quantitative estimate of drug-likeness (QED) is 0.507. The van der Waals surface area contributed by atoms with Gasteiger partial charge in [-0.15, -0.1) is 0 Å². The number of anilines is 1. The van der Waals surface area contributed by atoms with Crippen LogP contribution in [-0.2, 0) is 0 Å². The van der Waals surface area contributed by atoms with Crippen LogP contribution >= 0.6 is 56.8 Å². The molecule has 0 spiro atoms. The maximum Gasteiger partial charge on any atom is 0.205 e. The molecule has 3 nitrogen and oxygen atoms in total. The number of nitrogen functional groups attached to an aromatic ring is 1. The lowest BCUT2D eigenvalue weighted by molar-refractivity contribution is 1.10. The average Bonchev–Trinajstić information content (AvgIpc) is 2.65. The van der Waals surface area contributed by atoms with Crippen LogP contribution in [-0.4, -0.2) is 9.55 Å². The fourth-order valence-electron chi connectivity index (χ4n) is 1.99. The van der Waals surface area contributed by atoms with Crippen molar-refractivity contribution in [3.63, 3.8) is 0 Å². The Morgan fingerprint density at radius 3 is 2.63 bits per heavy atom.